The van der Waals surface area contributed by atoms with Crippen molar-refractivity contribution in [3.63, 3.8) is 0 Å². The highest BCUT2D eigenvalue weighted by Gasteiger charge is 2.44. The van der Waals surface area contributed by atoms with Crippen LogP contribution in [0.1, 0.15) is 25.7 Å². The zero-order valence-electron chi connectivity index (χ0n) is 12.1. The van der Waals surface area contributed by atoms with Crippen LogP contribution < -0.4 is 10.6 Å². The summed E-state index contributed by atoms with van der Waals surface area (Å²) in [5, 5.41) is 15.1. The number of carbonyl (C=O) groups is 1. The van der Waals surface area contributed by atoms with Crippen LogP contribution in [-0.2, 0) is 0 Å². The second kappa shape index (κ2) is 5.89. The van der Waals surface area contributed by atoms with Crippen molar-refractivity contribution in [3.05, 3.63) is 30.3 Å². The maximum absolute atomic E-state index is 11.8. The van der Waals surface area contributed by atoms with Crippen LogP contribution in [0.2, 0.25) is 0 Å². The lowest BCUT2D eigenvalue weighted by molar-refractivity contribution is 0.203. The zero-order valence-corrected chi connectivity index (χ0v) is 12.9. The predicted octanol–water partition coefficient (Wildman–Crippen LogP) is 2.38. The third-order valence-electron chi connectivity index (χ3n) is 4.37. The summed E-state index contributed by atoms with van der Waals surface area (Å²) in [4.78, 5) is 13.1. The standard InChI is InChI=1S/C16H22N2O2S/c19-12-15(6-7-15)10-17-14(20)18-11-16(8-9-16)21-13-4-2-1-3-5-13/h1-5,19H,6-12H2,(H2,17,18,20). The van der Waals surface area contributed by atoms with Crippen molar-refractivity contribution in [1.29, 1.82) is 0 Å². The number of benzene rings is 1. The molecule has 2 amide bonds. The van der Waals surface area contributed by atoms with E-state index in [0.29, 0.717) is 13.1 Å². The average molecular weight is 306 g/mol. The first-order valence-electron chi connectivity index (χ1n) is 7.52. The van der Waals surface area contributed by atoms with Crippen LogP contribution in [0.15, 0.2) is 35.2 Å². The Bertz CT molecular complexity index is 498. The van der Waals surface area contributed by atoms with Crippen LogP contribution in [-0.4, -0.2) is 35.6 Å². The summed E-state index contributed by atoms with van der Waals surface area (Å²) in [6.45, 7) is 1.44. The lowest BCUT2D eigenvalue weighted by atomic mass is 10.1. The second-order valence-electron chi connectivity index (χ2n) is 6.29. The molecular formula is C16H22N2O2S. The highest BCUT2D eigenvalue weighted by Crippen LogP contribution is 2.51. The van der Waals surface area contributed by atoms with Crippen molar-refractivity contribution in [2.45, 2.75) is 35.3 Å². The van der Waals surface area contributed by atoms with E-state index in [1.165, 1.54) is 4.90 Å². The molecule has 3 rings (SSSR count). The van der Waals surface area contributed by atoms with Crippen LogP contribution in [0.3, 0.4) is 0 Å². The molecule has 5 heteroatoms. The van der Waals surface area contributed by atoms with Gasteiger partial charge in [-0.2, -0.15) is 0 Å². The Labute approximate surface area is 129 Å². The van der Waals surface area contributed by atoms with E-state index in [-0.39, 0.29) is 22.8 Å². The van der Waals surface area contributed by atoms with Crippen LogP contribution in [0.4, 0.5) is 4.79 Å². The molecule has 1 aromatic rings. The summed E-state index contributed by atoms with van der Waals surface area (Å²) in [7, 11) is 0. The van der Waals surface area contributed by atoms with Crippen LogP contribution in [0.5, 0.6) is 0 Å². The second-order valence-corrected chi connectivity index (χ2v) is 7.83. The fourth-order valence-electron chi connectivity index (χ4n) is 2.33. The van der Waals surface area contributed by atoms with Gasteiger partial charge in [-0.05, 0) is 37.8 Å². The minimum absolute atomic E-state index is 0.0343. The topological polar surface area (TPSA) is 61.4 Å². The molecule has 0 unspecified atom stereocenters. The molecule has 2 saturated carbocycles. The highest BCUT2D eigenvalue weighted by atomic mass is 32.2. The molecule has 0 heterocycles. The van der Waals surface area contributed by atoms with Gasteiger partial charge in [0, 0.05) is 28.1 Å². The number of thioether (sulfide) groups is 1. The molecule has 0 spiro atoms. The van der Waals surface area contributed by atoms with Crippen molar-refractivity contribution < 1.29 is 9.90 Å². The first-order valence-corrected chi connectivity index (χ1v) is 8.34. The number of carbonyl (C=O) groups excluding carboxylic acids is 1. The van der Waals surface area contributed by atoms with Gasteiger partial charge < -0.3 is 15.7 Å². The summed E-state index contributed by atoms with van der Waals surface area (Å²) in [6.07, 6.45) is 4.32. The van der Waals surface area contributed by atoms with Crippen LogP contribution in [0.25, 0.3) is 0 Å². The van der Waals surface area contributed by atoms with Crippen LogP contribution >= 0.6 is 11.8 Å². The molecule has 0 saturated heterocycles. The number of amides is 2. The van der Waals surface area contributed by atoms with E-state index in [0.717, 1.165) is 25.7 Å². The monoisotopic (exact) mass is 306 g/mol. The van der Waals surface area contributed by atoms with Gasteiger partial charge in [0.05, 0.1) is 6.61 Å². The molecular weight excluding hydrogens is 284 g/mol. The van der Waals surface area contributed by atoms with Crippen LogP contribution in [0, 0.1) is 5.41 Å². The number of urea groups is 1. The number of hydrogen-bond acceptors (Lipinski definition) is 3. The Balaban J connectivity index is 1.41. The molecule has 21 heavy (non-hydrogen) atoms. The number of aliphatic hydroxyl groups excluding tert-OH is 1. The molecule has 0 radical (unpaired) electrons. The van der Waals surface area contributed by atoms with E-state index < -0.39 is 0 Å². The average Bonchev–Trinajstić information content (AvgIpc) is 3.42. The Hall–Kier alpha value is -1.20. The largest absolute Gasteiger partial charge is 0.396 e. The number of rotatable bonds is 7. The molecule has 2 aliphatic carbocycles. The quantitative estimate of drug-likeness (QED) is 0.725. The van der Waals surface area contributed by atoms with E-state index in [9.17, 15) is 9.90 Å². The Morgan fingerprint density at radius 1 is 1.10 bits per heavy atom. The third-order valence-corrected chi connectivity index (χ3v) is 5.87. The molecule has 114 valence electrons. The van der Waals surface area contributed by atoms with Crippen molar-refractivity contribution in [2.75, 3.05) is 19.7 Å². The first kappa shape index (κ1) is 14.7. The van der Waals surface area contributed by atoms with Crippen molar-refractivity contribution in [1.82, 2.24) is 10.6 Å². The smallest absolute Gasteiger partial charge is 0.314 e. The molecule has 4 nitrogen and oxygen atoms in total. The van der Waals surface area contributed by atoms with Gasteiger partial charge in [0.2, 0.25) is 0 Å². The minimum atomic E-state index is -0.116. The van der Waals surface area contributed by atoms with E-state index in [1.54, 1.807) is 0 Å². The Morgan fingerprint density at radius 2 is 1.76 bits per heavy atom. The van der Waals surface area contributed by atoms with Crippen molar-refractivity contribution >= 4 is 17.8 Å². The van der Waals surface area contributed by atoms with E-state index >= 15 is 0 Å². The van der Waals surface area contributed by atoms with Gasteiger partial charge in [-0.3, -0.25) is 0 Å². The maximum Gasteiger partial charge on any atom is 0.314 e. The molecule has 1 aromatic carbocycles. The zero-order chi connectivity index (χ0) is 14.8. The summed E-state index contributed by atoms with van der Waals surface area (Å²) >= 11 is 1.86. The summed E-state index contributed by atoms with van der Waals surface area (Å²) in [5.74, 6) is 0. The highest BCUT2D eigenvalue weighted by molar-refractivity contribution is 8.01. The van der Waals surface area contributed by atoms with E-state index in [2.05, 4.69) is 22.8 Å². The first-order chi connectivity index (χ1) is 10.2. The number of hydrogen-bond donors (Lipinski definition) is 3. The molecule has 0 aromatic heterocycles. The van der Waals surface area contributed by atoms with Gasteiger partial charge >= 0.3 is 6.03 Å². The predicted molar refractivity (Wildman–Crippen MR) is 84.4 cm³/mol. The number of nitrogens with one attached hydrogen (secondary N) is 2. The third kappa shape index (κ3) is 3.92. The summed E-state index contributed by atoms with van der Waals surface area (Å²) < 4.78 is 0.174. The summed E-state index contributed by atoms with van der Waals surface area (Å²) in [5.41, 5.74) is -0.0343. The molecule has 0 bridgehead atoms. The minimum Gasteiger partial charge on any atom is -0.396 e. The van der Waals surface area contributed by atoms with Gasteiger partial charge in [-0.15, -0.1) is 11.8 Å². The Kier molecular flexibility index (Phi) is 4.13. The normalized spacial score (nSPS) is 20.6. The van der Waals surface area contributed by atoms with Gasteiger partial charge in [0.15, 0.2) is 0 Å². The lowest BCUT2D eigenvalue weighted by Gasteiger charge is -2.17. The van der Waals surface area contributed by atoms with Gasteiger partial charge in [0.1, 0.15) is 0 Å². The van der Waals surface area contributed by atoms with Gasteiger partial charge in [0.25, 0.3) is 0 Å². The molecule has 0 aliphatic heterocycles. The van der Waals surface area contributed by atoms with Crippen molar-refractivity contribution in [3.8, 4) is 0 Å². The molecule has 3 N–H and O–H groups in total. The SMILES string of the molecule is O=C(NCC1(CO)CC1)NCC1(Sc2ccccc2)CC1. The molecule has 0 atom stereocenters. The van der Waals surface area contributed by atoms with Crippen molar-refractivity contribution in [2.24, 2.45) is 5.41 Å². The number of aliphatic hydroxyl groups is 1. The fraction of sp³-hybridized carbons (Fsp3) is 0.562. The van der Waals surface area contributed by atoms with Gasteiger partial charge in [-0.1, -0.05) is 18.2 Å². The maximum atomic E-state index is 11.8. The van der Waals surface area contributed by atoms with E-state index in [4.69, 9.17) is 0 Å². The molecule has 2 aliphatic rings. The van der Waals surface area contributed by atoms with E-state index in [1.807, 2.05) is 30.0 Å². The fourth-order valence-corrected chi connectivity index (χ4v) is 3.58. The Morgan fingerprint density at radius 3 is 2.33 bits per heavy atom. The molecule has 2 fully saturated rings. The van der Waals surface area contributed by atoms with Gasteiger partial charge in [-0.25, -0.2) is 4.79 Å². The lowest BCUT2D eigenvalue weighted by Crippen LogP contribution is -2.42. The summed E-state index contributed by atoms with van der Waals surface area (Å²) in [6, 6.07) is 10.2.